The predicted molar refractivity (Wildman–Crippen MR) is 101 cm³/mol. The van der Waals surface area contributed by atoms with E-state index in [0.29, 0.717) is 12.1 Å². The Labute approximate surface area is 158 Å². The van der Waals surface area contributed by atoms with Crippen LogP contribution < -0.4 is 10.2 Å². The second kappa shape index (κ2) is 8.43. The van der Waals surface area contributed by atoms with Crippen molar-refractivity contribution in [3.63, 3.8) is 0 Å². The van der Waals surface area contributed by atoms with Crippen molar-refractivity contribution in [2.45, 2.75) is 25.4 Å². The number of carbonyl (C=O) groups is 1. The van der Waals surface area contributed by atoms with Crippen LogP contribution in [0.1, 0.15) is 28.8 Å². The molecule has 1 aliphatic heterocycles. The van der Waals surface area contributed by atoms with Crippen molar-refractivity contribution < 1.29 is 13.6 Å². The van der Waals surface area contributed by atoms with Crippen molar-refractivity contribution in [1.82, 2.24) is 15.2 Å². The number of hydrogen-bond acceptors (Lipinski definition) is 4. The SMILES string of the molecule is CN(C)c1ccc(C(=O)NC2CCN(Cc3ccc(F)c(F)c3)CC2)cn1. The maximum absolute atomic E-state index is 13.3. The van der Waals surface area contributed by atoms with E-state index in [4.69, 9.17) is 0 Å². The first-order chi connectivity index (χ1) is 12.9. The van der Waals surface area contributed by atoms with Gasteiger partial charge in [-0.05, 0) is 42.7 Å². The Kier molecular flexibility index (Phi) is 6.01. The van der Waals surface area contributed by atoms with Crippen LogP contribution >= 0.6 is 0 Å². The third-order valence-corrected chi connectivity index (χ3v) is 4.78. The Balaban J connectivity index is 1.48. The lowest BCUT2D eigenvalue weighted by Crippen LogP contribution is -2.44. The first kappa shape index (κ1) is 19.2. The maximum atomic E-state index is 13.3. The van der Waals surface area contributed by atoms with E-state index in [1.165, 1.54) is 6.07 Å². The summed E-state index contributed by atoms with van der Waals surface area (Å²) in [5.74, 6) is -0.958. The minimum absolute atomic E-state index is 0.104. The molecule has 27 heavy (non-hydrogen) atoms. The van der Waals surface area contributed by atoms with E-state index in [0.717, 1.165) is 43.4 Å². The number of hydrogen-bond donors (Lipinski definition) is 1. The van der Waals surface area contributed by atoms with Crippen LogP contribution in [0.2, 0.25) is 0 Å². The smallest absolute Gasteiger partial charge is 0.253 e. The van der Waals surface area contributed by atoms with Crippen LogP contribution in [-0.4, -0.2) is 49.0 Å². The van der Waals surface area contributed by atoms with E-state index in [9.17, 15) is 13.6 Å². The number of rotatable bonds is 5. The Morgan fingerprint density at radius 3 is 2.52 bits per heavy atom. The molecule has 5 nitrogen and oxygen atoms in total. The molecule has 1 fully saturated rings. The summed E-state index contributed by atoms with van der Waals surface area (Å²) in [5.41, 5.74) is 1.30. The molecular weight excluding hydrogens is 350 g/mol. The number of carbonyl (C=O) groups excluding carboxylic acids is 1. The van der Waals surface area contributed by atoms with Gasteiger partial charge in [0.2, 0.25) is 0 Å². The quantitative estimate of drug-likeness (QED) is 0.874. The van der Waals surface area contributed by atoms with Crippen LogP contribution in [0.15, 0.2) is 36.5 Å². The molecule has 144 valence electrons. The zero-order valence-electron chi connectivity index (χ0n) is 15.6. The van der Waals surface area contributed by atoms with Crippen LogP contribution in [-0.2, 0) is 6.54 Å². The van der Waals surface area contributed by atoms with Crippen LogP contribution in [0, 0.1) is 11.6 Å². The van der Waals surface area contributed by atoms with Crippen LogP contribution in [0.25, 0.3) is 0 Å². The van der Waals surface area contributed by atoms with E-state index in [-0.39, 0.29) is 11.9 Å². The van der Waals surface area contributed by atoms with E-state index in [1.54, 1.807) is 18.3 Å². The third kappa shape index (κ3) is 5.01. The fourth-order valence-electron chi connectivity index (χ4n) is 3.19. The lowest BCUT2D eigenvalue weighted by molar-refractivity contribution is 0.0908. The molecular formula is C20H24F2N4O. The normalized spacial score (nSPS) is 15.6. The molecule has 0 bridgehead atoms. The Morgan fingerprint density at radius 1 is 1.19 bits per heavy atom. The fourth-order valence-corrected chi connectivity index (χ4v) is 3.19. The molecule has 3 rings (SSSR count). The zero-order valence-corrected chi connectivity index (χ0v) is 15.6. The van der Waals surface area contributed by atoms with Gasteiger partial charge in [-0.2, -0.15) is 0 Å². The van der Waals surface area contributed by atoms with E-state index in [1.807, 2.05) is 25.1 Å². The number of likely N-dealkylation sites (tertiary alicyclic amines) is 1. The first-order valence-electron chi connectivity index (χ1n) is 9.03. The number of piperidine rings is 1. The summed E-state index contributed by atoms with van der Waals surface area (Å²) in [6.07, 6.45) is 3.22. The Bertz CT molecular complexity index is 787. The molecule has 2 heterocycles. The molecule has 1 aliphatic rings. The average Bonchev–Trinajstić information content (AvgIpc) is 2.66. The van der Waals surface area contributed by atoms with Gasteiger partial charge in [-0.25, -0.2) is 13.8 Å². The maximum Gasteiger partial charge on any atom is 0.253 e. The van der Waals surface area contributed by atoms with Crippen LogP contribution in [0.3, 0.4) is 0 Å². The van der Waals surface area contributed by atoms with Gasteiger partial charge in [-0.1, -0.05) is 6.07 Å². The molecule has 0 unspecified atom stereocenters. The second-order valence-corrected chi connectivity index (χ2v) is 7.07. The second-order valence-electron chi connectivity index (χ2n) is 7.07. The highest BCUT2D eigenvalue weighted by Crippen LogP contribution is 2.16. The molecule has 1 aromatic carbocycles. The van der Waals surface area contributed by atoms with Crippen LogP contribution in [0.5, 0.6) is 0 Å². The number of nitrogens with zero attached hydrogens (tertiary/aromatic N) is 3. The fraction of sp³-hybridized carbons (Fsp3) is 0.400. The minimum atomic E-state index is -0.826. The van der Waals surface area contributed by atoms with E-state index >= 15 is 0 Å². The zero-order chi connectivity index (χ0) is 19.4. The van der Waals surface area contributed by atoms with Crippen molar-refractivity contribution in [2.75, 3.05) is 32.1 Å². The van der Waals surface area contributed by atoms with Gasteiger partial charge in [-0.3, -0.25) is 9.69 Å². The van der Waals surface area contributed by atoms with Crippen molar-refractivity contribution >= 4 is 11.7 Å². The van der Waals surface area contributed by atoms with Gasteiger partial charge >= 0.3 is 0 Å². The van der Waals surface area contributed by atoms with Gasteiger partial charge in [-0.15, -0.1) is 0 Å². The van der Waals surface area contributed by atoms with Gasteiger partial charge in [0, 0.05) is 46.0 Å². The highest BCUT2D eigenvalue weighted by atomic mass is 19.2. The summed E-state index contributed by atoms with van der Waals surface area (Å²) in [6.45, 7) is 2.16. The predicted octanol–water partition coefficient (Wildman–Crippen LogP) is 2.82. The number of benzene rings is 1. The Morgan fingerprint density at radius 2 is 1.93 bits per heavy atom. The minimum Gasteiger partial charge on any atom is -0.363 e. The first-order valence-corrected chi connectivity index (χ1v) is 9.03. The molecule has 1 saturated heterocycles. The van der Waals surface area contributed by atoms with Crippen molar-refractivity contribution in [1.29, 1.82) is 0 Å². The lowest BCUT2D eigenvalue weighted by atomic mass is 10.0. The standard InChI is InChI=1S/C20H24F2N4O/c1-25(2)19-6-4-15(12-23-19)20(27)24-16-7-9-26(10-8-16)13-14-3-5-17(21)18(22)11-14/h3-6,11-12,16H,7-10,13H2,1-2H3,(H,24,27). The molecule has 1 aromatic heterocycles. The topological polar surface area (TPSA) is 48.5 Å². The molecule has 7 heteroatoms. The number of aromatic nitrogens is 1. The van der Waals surface area contributed by atoms with E-state index < -0.39 is 11.6 Å². The summed E-state index contributed by atoms with van der Waals surface area (Å²) in [4.78, 5) is 20.7. The average molecular weight is 374 g/mol. The Hall–Kier alpha value is -2.54. The van der Waals surface area contributed by atoms with Crippen molar-refractivity contribution in [3.05, 3.63) is 59.3 Å². The monoisotopic (exact) mass is 374 g/mol. The van der Waals surface area contributed by atoms with E-state index in [2.05, 4.69) is 15.2 Å². The molecule has 0 aliphatic carbocycles. The molecule has 1 amide bonds. The van der Waals surface area contributed by atoms with Gasteiger partial charge in [0.05, 0.1) is 5.56 Å². The van der Waals surface area contributed by atoms with Gasteiger partial charge in [0.15, 0.2) is 11.6 Å². The highest BCUT2D eigenvalue weighted by Gasteiger charge is 2.21. The number of pyridine rings is 1. The van der Waals surface area contributed by atoms with Gasteiger partial charge in [0.1, 0.15) is 5.82 Å². The number of anilines is 1. The van der Waals surface area contributed by atoms with Crippen LogP contribution in [0.4, 0.5) is 14.6 Å². The van der Waals surface area contributed by atoms with Crippen molar-refractivity contribution in [2.24, 2.45) is 0 Å². The lowest BCUT2D eigenvalue weighted by Gasteiger charge is -2.32. The van der Waals surface area contributed by atoms with Gasteiger partial charge < -0.3 is 10.2 Å². The number of nitrogens with one attached hydrogen (secondary N) is 1. The molecule has 1 N–H and O–H groups in total. The summed E-state index contributed by atoms with van der Waals surface area (Å²) >= 11 is 0. The summed E-state index contributed by atoms with van der Waals surface area (Å²) in [7, 11) is 3.80. The molecule has 0 saturated carbocycles. The summed E-state index contributed by atoms with van der Waals surface area (Å²) < 4.78 is 26.3. The largest absolute Gasteiger partial charge is 0.363 e. The highest BCUT2D eigenvalue weighted by molar-refractivity contribution is 5.94. The molecule has 0 radical (unpaired) electrons. The van der Waals surface area contributed by atoms with Crippen molar-refractivity contribution in [3.8, 4) is 0 Å². The summed E-state index contributed by atoms with van der Waals surface area (Å²) in [6, 6.07) is 7.71. The number of halogens is 2. The molecule has 0 spiro atoms. The summed E-state index contributed by atoms with van der Waals surface area (Å²) in [5, 5.41) is 3.06. The number of amides is 1. The van der Waals surface area contributed by atoms with Gasteiger partial charge in [0.25, 0.3) is 5.91 Å². The molecule has 2 aromatic rings. The third-order valence-electron chi connectivity index (χ3n) is 4.78. The molecule has 0 atom stereocenters.